The van der Waals surface area contributed by atoms with E-state index in [1.54, 1.807) is 25.1 Å². The highest BCUT2D eigenvalue weighted by Crippen LogP contribution is 2.21. The van der Waals surface area contributed by atoms with Gasteiger partial charge in [-0.25, -0.2) is 4.39 Å². The van der Waals surface area contributed by atoms with Gasteiger partial charge in [-0.3, -0.25) is 0 Å². The summed E-state index contributed by atoms with van der Waals surface area (Å²) in [5.41, 5.74) is 0.989. The highest BCUT2D eigenvalue weighted by Gasteiger charge is 2.21. The summed E-state index contributed by atoms with van der Waals surface area (Å²) in [7, 11) is 0. The lowest BCUT2D eigenvalue weighted by molar-refractivity contribution is 0.0484. The SMILES string of the molecule is CC(O)(CCCc1ccccc1)Cc1ccccc1F. The van der Waals surface area contributed by atoms with E-state index in [1.165, 1.54) is 11.6 Å². The first kappa shape index (κ1) is 14.7. The molecule has 1 atom stereocenters. The average molecular weight is 272 g/mol. The minimum atomic E-state index is -0.864. The molecule has 2 heteroatoms. The van der Waals surface area contributed by atoms with Gasteiger partial charge in [-0.1, -0.05) is 48.5 Å². The van der Waals surface area contributed by atoms with E-state index in [2.05, 4.69) is 12.1 Å². The lowest BCUT2D eigenvalue weighted by Gasteiger charge is -2.23. The Labute approximate surface area is 120 Å². The Bertz CT molecular complexity index is 534. The largest absolute Gasteiger partial charge is 0.390 e. The van der Waals surface area contributed by atoms with Crippen molar-refractivity contribution in [3.63, 3.8) is 0 Å². The second-order valence-electron chi connectivity index (χ2n) is 5.60. The number of benzene rings is 2. The van der Waals surface area contributed by atoms with Crippen molar-refractivity contribution in [2.24, 2.45) is 0 Å². The van der Waals surface area contributed by atoms with Crippen LogP contribution in [0.4, 0.5) is 4.39 Å². The van der Waals surface area contributed by atoms with Crippen molar-refractivity contribution in [2.75, 3.05) is 0 Å². The Hall–Kier alpha value is -1.67. The first-order chi connectivity index (χ1) is 9.57. The summed E-state index contributed by atoms with van der Waals surface area (Å²) in [4.78, 5) is 0. The Morgan fingerprint density at radius 2 is 1.65 bits per heavy atom. The van der Waals surface area contributed by atoms with Crippen LogP contribution in [0.1, 0.15) is 30.9 Å². The molecule has 2 aromatic rings. The lowest BCUT2D eigenvalue weighted by atomic mass is 9.90. The zero-order valence-electron chi connectivity index (χ0n) is 11.8. The van der Waals surface area contributed by atoms with Crippen LogP contribution in [-0.4, -0.2) is 10.7 Å². The predicted octanol–water partition coefficient (Wildman–Crippen LogP) is 4.14. The van der Waals surface area contributed by atoms with Crippen LogP contribution >= 0.6 is 0 Å². The fraction of sp³-hybridized carbons (Fsp3) is 0.333. The van der Waals surface area contributed by atoms with E-state index in [0.29, 0.717) is 18.4 Å². The maximum atomic E-state index is 13.6. The smallest absolute Gasteiger partial charge is 0.126 e. The van der Waals surface area contributed by atoms with E-state index >= 15 is 0 Å². The zero-order chi connectivity index (χ0) is 14.4. The molecule has 0 spiro atoms. The minimum absolute atomic E-state index is 0.240. The van der Waals surface area contributed by atoms with Gasteiger partial charge in [-0.2, -0.15) is 0 Å². The van der Waals surface area contributed by atoms with Crippen LogP contribution in [-0.2, 0) is 12.8 Å². The van der Waals surface area contributed by atoms with Gasteiger partial charge in [0.05, 0.1) is 5.60 Å². The van der Waals surface area contributed by atoms with Gasteiger partial charge >= 0.3 is 0 Å². The Kier molecular flexibility index (Phi) is 4.91. The summed E-state index contributed by atoms with van der Waals surface area (Å²) in [6.07, 6.45) is 2.85. The summed E-state index contributed by atoms with van der Waals surface area (Å²) >= 11 is 0. The normalized spacial score (nSPS) is 13.9. The molecule has 0 radical (unpaired) electrons. The predicted molar refractivity (Wildman–Crippen MR) is 80.1 cm³/mol. The zero-order valence-corrected chi connectivity index (χ0v) is 11.8. The summed E-state index contributed by atoms with van der Waals surface area (Å²) < 4.78 is 13.6. The van der Waals surface area contributed by atoms with Crippen LogP contribution in [0.5, 0.6) is 0 Å². The highest BCUT2D eigenvalue weighted by atomic mass is 19.1. The summed E-state index contributed by atoms with van der Waals surface area (Å²) in [6, 6.07) is 16.9. The third-order valence-electron chi connectivity index (χ3n) is 3.55. The molecule has 1 unspecified atom stereocenters. The van der Waals surface area contributed by atoms with E-state index in [-0.39, 0.29) is 5.82 Å². The first-order valence-corrected chi connectivity index (χ1v) is 7.06. The quantitative estimate of drug-likeness (QED) is 0.838. The summed E-state index contributed by atoms with van der Waals surface area (Å²) in [6.45, 7) is 1.78. The molecule has 0 fully saturated rings. The number of aliphatic hydroxyl groups is 1. The lowest BCUT2D eigenvalue weighted by Crippen LogP contribution is -2.27. The van der Waals surface area contributed by atoms with Gasteiger partial charge in [0.25, 0.3) is 0 Å². The van der Waals surface area contributed by atoms with E-state index in [0.717, 1.165) is 12.8 Å². The van der Waals surface area contributed by atoms with Crippen molar-refractivity contribution < 1.29 is 9.50 Å². The van der Waals surface area contributed by atoms with Gasteiger partial charge in [0.2, 0.25) is 0 Å². The van der Waals surface area contributed by atoms with Gasteiger partial charge in [0.15, 0.2) is 0 Å². The summed E-state index contributed by atoms with van der Waals surface area (Å²) in [5.74, 6) is -0.240. The molecule has 0 saturated carbocycles. The number of halogens is 1. The fourth-order valence-electron chi connectivity index (χ4n) is 2.46. The molecule has 0 aromatic heterocycles. The van der Waals surface area contributed by atoms with Gasteiger partial charge < -0.3 is 5.11 Å². The number of hydrogen-bond acceptors (Lipinski definition) is 1. The van der Waals surface area contributed by atoms with Gasteiger partial charge in [0.1, 0.15) is 5.82 Å². The van der Waals surface area contributed by atoms with E-state index < -0.39 is 5.60 Å². The fourth-order valence-corrected chi connectivity index (χ4v) is 2.46. The van der Waals surface area contributed by atoms with E-state index in [9.17, 15) is 9.50 Å². The minimum Gasteiger partial charge on any atom is -0.390 e. The molecular weight excluding hydrogens is 251 g/mol. The van der Waals surface area contributed by atoms with Crippen molar-refractivity contribution in [1.29, 1.82) is 0 Å². The van der Waals surface area contributed by atoms with Crippen LogP contribution in [0.25, 0.3) is 0 Å². The maximum absolute atomic E-state index is 13.6. The van der Waals surface area contributed by atoms with Crippen molar-refractivity contribution >= 4 is 0 Å². The Morgan fingerprint density at radius 1 is 1.00 bits per heavy atom. The van der Waals surface area contributed by atoms with E-state index in [4.69, 9.17) is 0 Å². The monoisotopic (exact) mass is 272 g/mol. The molecule has 0 amide bonds. The van der Waals surface area contributed by atoms with Crippen LogP contribution in [0.2, 0.25) is 0 Å². The second kappa shape index (κ2) is 6.67. The molecule has 0 aliphatic carbocycles. The van der Waals surface area contributed by atoms with Crippen molar-refractivity contribution in [3.05, 3.63) is 71.5 Å². The highest BCUT2D eigenvalue weighted by molar-refractivity contribution is 5.19. The molecule has 0 heterocycles. The van der Waals surface area contributed by atoms with Crippen molar-refractivity contribution in [1.82, 2.24) is 0 Å². The van der Waals surface area contributed by atoms with Gasteiger partial charge in [0, 0.05) is 6.42 Å². The van der Waals surface area contributed by atoms with Gasteiger partial charge in [-0.15, -0.1) is 0 Å². The molecule has 1 N–H and O–H groups in total. The van der Waals surface area contributed by atoms with Crippen LogP contribution in [0, 0.1) is 5.82 Å². The summed E-state index contributed by atoms with van der Waals surface area (Å²) in [5, 5.41) is 10.4. The average Bonchev–Trinajstić information content (AvgIpc) is 2.42. The molecule has 2 rings (SSSR count). The van der Waals surface area contributed by atoms with Crippen molar-refractivity contribution in [2.45, 2.75) is 38.2 Å². The maximum Gasteiger partial charge on any atom is 0.126 e. The molecule has 2 aromatic carbocycles. The number of hydrogen-bond donors (Lipinski definition) is 1. The molecular formula is C18H21FO. The molecule has 20 heavy (non-hydrogen) atoms. The third kappa shape index (κ3) is 4.46. The van der Waals surface area contributed by atoms with Gasteiger partial charge in [-0.05, 0) is 43.4 Å². The van der Waals surface area contributed by atoms with Crippen LogP contribution < -0.4 is 0 Å². The Morgan fingerprint density at radius 3 is 2.35 bits per heavy atom. The van der Waals surface area contributed by atoms with E-state index in [1.807, 2.05) is 18.2 Å². The molecule has 106 valence electrons. The third-order valence-corrected chi connectivity index (χ3v) is 3.55. The molecule has 0 saturated heterocycles. The molecule has 1 nitrogen and oxygen atoms in total. The topological polar surface area (TPSA) is 20.2 Å². The standard InChI is InChI=1S/C18H21FO/c1-18(20,14-16-11-5-6-12-17(16)19)13-7-10-15-8-3-2-4-9-15/h2-6,8-9,11-12,20H,7,10,13-14H2,1H3. The second-order valence-corrected chi connectivity index (χ2v) is 5.60. The van der Waals surface area contributed by atoms with Crippen LogP contribution in [0.3, 0.4) is 0 Å². The Balaban J connectivity index is 1.86. The molecule has 0 aliphatic rings. The first-order valence-electron chi connectivity index (χ1n) is 7.06. The molecule has 0 aliphatic heterocycles. The van der Waals surface area contributed by atoms with Crippen molar-refractivity contribution in [3.8, 4) is 0 Å². The number of rotatable bonds is 6. The van der Waals surface area contributed by atoms with Crippen LogP contribution in [0.15, 0.2) is 54.6 Å². The number of aryl methyl sites for hydroxylation is 1. The molecule has 0 bridgehead atoms.